The highest BCUT2D eigenvalue weighted by molar-refractivity contribution is 7.13. The number of piperidine rings is 1. The molecule has 2 aliphatic rings. The second kappa shape index (κ2) is 7.55. The van der Waals surface area contributed by atoms with Crippen LogP contribution in [0.1, 0.15) is 66.8 Å². The lowest BCUT2D eigenvalue weighted by Crippen LogP contribution is -2.49. The van der Waals surface area contributed by atoms with Crippen LogP contribution in [0.3, 0.4) is 0 Å². The van der Waals surface area contributed by atoms with Crippen LogP contribution in [0.25, 0.3) is 0 Å². The number of carbonyl (C=O) groups is 2. The summed E-state index contributed by atoms with van der Waals surface area (Å²) in [5.41, 5.74) is 0.470. The van der Waals surface area contributed by atoms with Crippen LogP contribution in [0.15, 0.2) is 0 Å². The van der Waals surface area contributed by atoms with E-state index in [0.717, 1.165) is 34.8 Å². The molecule has 6 nitrogen and oxygen atoms in total. The molecular formula is C19H29N3O3S. The van der Waals surface area contributed by atoms with Crippen molar-refractivity contribution in [2.75, 3.05) is 19.6 Å². The summed E-state index contributed by atoms with van der Waals surface area (Å²) in [6.45, 7) is 10.1. The molecule has 3 rings (SSSR count). The number of aryl methyl sites for hydroxylation is 2. The lowest BCUT2D eigenvalue weighted by molar-refractivity contribution is 0.00318. The quantitative estimate of drug-likeness (QED) is 0.784. The third-order valence-electron chi connectivity index (χ3n) is 5.53. The summed E-state index contributed by atoms with van der Waals surface area (Å²) >= 11 is 1.48. The highest BCUT2D eigenvalue weighted by Crippen LogP contribution is 2.35. The average Bonchev–Trinajstić information content (AvgIpc) is 3.15. The normalized spacial score (nSPS) is 20.5. The van der Waals surface area contributed by atoms with E-state index in [0.29, 0.717) is 32.5 Å². The number of likely N-dealkylation sites (tertiary alicyclic amines) is 1. The standard InChI is InChI=1S/C19H29N3O3S/c1-5-7-13(3)22-12-19(25-18(22)24)8-10-21(11-9-19)17(23)16-15(6-2)20-14(4)26-16/h13H,5-12H2,1-4H3/t13-/m0/s1. The van der Waals surface area contributed by atoms with Gasteiger partial charge >= 0.3 is 6.09 Å². The van der Waals surface area contributed by atoms with E-state index in [4.69, 9.17) is 4.74 Å². The molecule has 0 bridgehead atoms. The summed E-state index contributed by atoms with van der Waals surface area (Å²) in [4.78, 5) is 34.2. The van der Waals surface area contributed by atoms with E-state index in [9.17, 15) is 9.59 Å². The van der Waals surface area contributed by atoms with Crippen molar-refractivity contribution in [3.05, 3.63) is 15.6 Å². The van der Waals surface area contributed by atoms with Crippen LogP contribution in [-0.2, 0) is 11.2 Å². The SMILES string of the molecule is CCC[C@H](C)N1CC2(CCN(C(=O)c3sc(C)nc3CC)CC2)OC1=O. The monoisotopic (exact) mass is 379 g/mol. The van der Waals surface area contributed by atoms with Gasteiger partial charge in [0.1, 0.15) is 10.5 Å². The zero-order valence-electron chi connectivity index (χ0n) is 16.2. The van der Waals surface area contributed by atoms with E-state index < -0.39 is 5.60 Å². The molecule has 0 N–H and O–H groups in total. The third-order valence-corrected chi connectivity index (χ3v) is 6.53. The Morgan fingerprint density at radius 2 is 2.04 bits per heavy atom. The van der Waals surface area contributed by atoms with Gasteiger partial charge in [0.25, 0.3) is 5.91 Å². The maximum absolute atomic E-state index is 12.9. The van der Waals surface area contributed by atoms with Crippen LogP contribution >= 0.6 is 11.3 Å². The largest absolute Gasteiger partial charge is 0.441 e. The molecule has 7 heteroatoms. The minimum absolute atomic E-state index is 0.0721. The van der Waals surface area contributed by atoms with Gasteiger partial charge in [-0.05, 0) is 26.7 Å². The van der Waals surface area contributed by atoms with Crippen LogP contribution in [0, 0.1) is 6.92 Å². The molecule has 0 unspecified atom stereocenters. The van der Waals surface area contributed by atoms with Crippen LogP contribution in [0.5, 0.6) is 0 Å². The Balaban J connectivity index is 1.64. The number of nitrogens with zero attached hydrogens (tertiary/aromatic N) is 3. The Morgan fingerprint density at radius 1 is 1.35 bits per heavy atom. The smallest absolute Gasteiger partial charge is 0.410 e. The van der Waals surface area contributed by atoms with Crippen molar-refractivity contribution in [2.45, 2.75) is 71.4 Å². The minimum atomic E-state index is -0.424. The predicted octanol–water partition coefficient (Wildman–Crippen LogP) is 3.63. The Labute approximate surface area is 159 Å². The minimum Gasteiger partial charge on any atom is -0.441 e. The van der Waals surface area contributed by atoms with Crippen LogP contribution in [0.4, 0.5) is 4.79 Å². The number of hydrogen-bond acceptors (Lipinski definition) is 5. The summed E-state index contributed by atoms with van der Waals surface area (Å²) < 4.78 is 5.79. The molecule has 2 amide bonds. The van der Waals surface area contributed by atoms with Gasteiger partial charge in [-0.15, -0.1) is 11.3 Å². The summed E-state index contributed by atoms with van der Waals surface area (Å²) in [5, 5.41) is 0.934. The van der Waals surface area contributed by atoms with Gasteiger partial charge in [-0.3, -0.25) is 4.79 Å². The lowest BCUT2D eigenvalue weighted by Gasteiger charge is -2.37. The molecule has 2 aliphatic heterocycles. The van der Waals surface area contributed by atoms with Crippen molar-refractivity contribution in [3.63, 3.8) is 0 Å². The first kappa shape index (κ1) is 19.1. The second-order valence-electron chi connectivity index (χ2n) is 7.47. The molecule has 0 aliphatic carbocycles. The molecule has 144 valence electrons. The van der Waals surface area contributed by atoms with Crippen molar-refractivity contribution in [2.24, 2.45) is 0 Å². The first-order valence-electron chi connectivity index (χ1n) is 9.64. The predicted molar refractivity (Wildman–Crippen MR) is 102 cm³/mol. The number of carbonyl (C=O) groups excluding carboxylic acids is 2. The molecule has 2 fully saturated rings. The van der Waals surface area contributed by atoms with E-state index in [1.54, 1.807) is 0 Å². The summed E-state index contributed by atoms with van der Waals surface area (Å²) in [7, 11) is 0. The first-order chi connectivity index (χ1) is 12.4. The maximum Gasteiger partial charge on any atom is 0.410 e. The third kappa shape index (κ3) is 3.59. The van der Waals surface area contributed by atoms with Gasteiger partial charge in [0.2, 0.25) is 0 Å². The number of hydrogen-bond donors (Lipinski definition) is 0. The number of thiazole rings is 1. The van der Waals surface area contributed by atoms with Gasteiger partial charge < -0.3 is 14.5 Å². The van der Waals surface area contributed by atoms with Crippen molar-refractivity contribution >= 4 is 23.3 Å². The fraction of sp³-hybridized carbons (Fsp3) is 0.737. The highest BCUT2D eigenvalue weighted by Gasteiger charge is 2.48. The Kier molecular flexibility index (Phi) is 5.55. The van der Waals surface area contributed by atoms with E-state index in [1.807, 2.05) is 23.6 Å². The molecule has 26 heavy (non-hydrogen) atoms. The molecule has 1 aromatic rings. The van der Waals surface area contributed by atoms with Gasteiger partial charge in [0.05, 0.1) is 17.2 Å². The molecular weight excluding hydrogens is 350 g/mol. The molecule has 2 saturated heterocycles. The van der Waals surface area contributed by atoms with Gasteiger partial charge in [-0.25, -0.2) is 9.78 Å². The van der Waals surface area contributed by atoms with Crippen LogP contribution in [0.2, 0.25) is 0 Å². The number of amides is 2. The van der Waals surface area contributed by atoms with E-state index in [1.165, 1.54) is 11.3 Å². The molecule has 0 radical (unpaired) electrons. The average molecular weight is 380 g/mol. The Morgan fingerprint density at radius 3 is 2.65 bits per heavy atom. The Hall–Kier alpha value is -1.63. The number of aromatic nitrogens is 1. The van der Waals surface area contributed by atoms with Crippen LogP contribution in [-0.4, -0.2) is 58.1 Å². The fourth-order valence-corrected chi connectivity index (χ4v) is 4.93. The molecule has 1 atom stereocenters. The van der Waals surface area contributed by atoms with E-state index >= 15 is 0 Å². The van der Waals surface area contributed by atoms with Crippen molar-refractivity contribution in [1.82, 2.24) is 14.8 Å². The lowest BCUT2D eigenvalue weighted by atomic mass is 9.90. The van der Waals surface area contributed by atoms with Crippen molar-refractivity contribution < 1.29 is 14.3 Å². The number of ether oxygens (including phenoxy) is 1. The first-order valence-corrected chi connectivity index (χ1v) is 10.5. The zero-order valence-corrected chi connectivity index (χ0v) is 17.0. The van der Waals surface area contributed by atoms with Gasteiger partial charge in [-0.2, -0.15) is 0 Å². The molecule has 1 aromatic heterocycles. The Bertz CT molecular complexity index is 680. The van der Waals surface area contributed by atoms with E-state index in [2.05, 4.69) is 18.8 Å². The van der Waals surface area contributed by atoms with Crippen LogP contribution < -0.4 is 0 Å². The van der Waals surface area contributed by atoms with Gasteiger partial charge in [0, 0.05) is 32.0 Å². The molecule has 1 spiro atoms. The number of rotatable bonds is 5. The molecule has 3 heterocycles. The second-order valence-corrected chi connectivity index (χ2v) is 8.67. The van der Waals surface area contributed by atoms with Gasteiger partial charge in [0.15, 0.2) is 0 Å². The molecule has 0 saturated carbocycles. The summed E-state index contributed by atoms with van der Waals surface area (Å²) in [6, 6.07) is 0.207. The topological polar surface area (TPSA) is 62.7 Å². The van der Waals surface area contributed by atoms with Gasteiger partial charge in [-0.1, -0.05) is 20.3 Å². The molecule has 0 aromatic carbocycles. The maximum atomic E-state index is 12.9. The fourth-order valence-electron chi connectivity index (χ4n) is 3.96. The summed E-state index contributed by atoms with van der Waals surface area (Å²) in [5.74, 6) is 0.0721. The summed E-state index contributed by atoms with van der Waals surface area (Å²) in [6.07, 6.45) is 4.02. The van der Waals surface area contributed by atoms with E-state index in [-0.39, 0.29) is 18.0 Å². The van der Waals surface area contributed by atoms with Crippen molar-refractivity contribution in [3.8, 4) is 0 Å². The van der Waals surface area contributed by atoms with Crippen molar-refractivity contribution in [1.29, 1.82) is 0 Å². The highest BCUT2D eigenvalue weighted by atomic mass is 32.1. The zero-order chi connectivity index (χ0) is 18.9.